The lowest BCUT2D eigenvalue weighted by molar-refractivity contribution is -0.0159. The molecule has 2 nitrogen and oxygen atoms in total. The van der Waals surface area contributed by atoms with Crippen molar-refractivity contribution < 1.29 is 0 Å². The molecule has 18 heavy (non-hydrogen) atoms. The second-order valence-electron chi connectivity index (χ2n) is 7.29. The van der Waals surface area contributed by atoms with Crippen LogP contribution in [0.2, 0.25) is 0 Å². The lowest BCUT2D eigenvalue weighted by atomic mass is 9.50. The molecule has 2 saturated carbocycles. The van der Waals surface area contributed by atoms with Gasteiger partial charge in [0.25, 0.3) is 0 Å². The Morgan fingerprint density at radius 2 is 2.22 bits per heavy atom. The molecule has 2 aliphatic carbocycles. The highest BCUT2D eigenvalue weighted by molar-refractivity contribution is 5.90. The molecule has 3 fully saturated rings. The van der Waals surface area contributed by atoms with Crippen LogP contribution in [0, 0.1) is 23.7 Å². The number of piperidine rings is 1. The number of hydrogen-bond acceptors (Lipinski definition) is 2. The van der Waals surface area contributed by atoms with E-state index in [0.29, 0.717) is 5.54 Å². The zero-order valence-corrected chi connectivity index (χ0v) is 11.6. The molecule has 4 aliphatic rings. The summed E-state index contributed by atoms with van der Waals surface area (Å²) in [5, 5.41) is 4.01. The summed E-state index contributed by atoms with van der Waals surface area (Å²) in [4.78, 5) is 4.92. The number of hydrogen-bond donors (Lipinski definition) is 1. The largest absolute Gasteiger partial charge is 0.310 e. The van der Waals surface area contributed by atoms with Gasteiger partial charge in [0, 0.05) is 23.7 Å². The Morgan fingerprint density at radius 3 is 3.17 bits per heavy atom. The quantitative estimate of drug-likeness (QED) is 0.698. The molecule has 2 aliphatic heterocycles. The van der Waals surface area contributed by atoms with E-state index in [1.807, 2.05) is 0 Å². The first-order valence-electron chi connectivity index (χ1n) is 8.08. The number of nitrogens with one attached hydrogen (secondary N) is 1. The molecule has 2 heteroatoms. The zero-order valence-electron chi connectivity index (χ0n) is 11.6. The molecule has 5 atom stereocenters. The molecular formula is C16H26N2. The van der Waals surface area contributed by atoms with Gasteiger partial charge in [-0.25, -0.2) is 0 Å². The maximum absolute atomic E-state index is 4.92. The third-order valence-corrected chi connectivity index (χ3v) is 6.23. The summed E-state index contributed by atoms with van der Waals surface area (Å²) in [7, 11) is 0. The number of aliphatic imine (C=N–C) groups is 1. The Bertz CT molecular complexity index is 375. The van der Waals surface area contributed by atoms with E-state index in [0.717, 1.165) is 30.2 Å². The van der Waals surface area contributed by atoms with Crippen LogP contribution >= 0.6 is 0 Å². The molecule has 0 aromatic heterocycles. The third-order valence-electron chi connectivity index (χ3n) is 6.23. The molecule has 2 heterocycles. The molecule has 2 bridgehead atoms. The molecule has 1 unspecified atom stereocenters. The molecular weight excluding hydrogens is 220 g/mol. The molecule has 0 spiro atoms. The average Bonchev–Trinajstić information content (AvgIpc) is 2.38. The van der Waals surface area contributed by atoms with Crippen molar-refractivity contribution in [3.05, 3.63) is 0 Å². The van der Waals surface area contributed by atoms with Gasteiger partial charge in [0.05, 0.1) is 0 Å². The zero-order chi connectivity index (χ0) is 12.2. The third kappa shape index (κ3) is 1.47. The Kier molecular flexibility index (Phi) is 2.58. The average molecular weight is 246 g/mol. The van der Waals surface area contributed by atoms with Crippen molar-refractivity contribution in [2.45, 2.75) is 57.4 Å². The van der Waals surface area contributed by atoms with Gasteiger partial charge in [0.2, 0.25) is 0 Å². The van der Waals surface area contributed by atoms with Crippen LogP contribution in [-0.2, 0) is 0 Å². The first-order valence-corrected chi connectivity index (χ1v) is 8.08. The predicted molar refractivity (Wildman–Crippen MR) is 75.0 cm³/mol. The Hall–Kier alpha value is -0.370. The van der Waals surface area contributed by atoms with Crippen molar-refractivity contribution in [3.63, 3.8) is 0 Å². The van der Waals surface area contributed by atoms with E-state index in [9.17, 15) is 0 Å². The van der Waals surface area contributed by atoms with Gasteiger partial charge in [0.1, 0.15) is 0 Å². The van der Waals surface area contributed by atoms with Crippen LogP contribution in [0.4, 0.5) is 0 Å². The van der Waals surface area contributed by atoms with Crippen LogP contribution < -0.4 is 5.32 Å². The standard InChI is InChI=1S/C16H26N2/c1-11-8-12-9-15-14(5-2-6-17-15)16(10-11)13(12)4-3-7-18-16/h11-14,18H,2-10H2,1H3/t11-,12+,13-,14?,16-/m1/s1. The monoisotopic (exact) mass is 246 g/mol. The van der Waals surface area contributed by atoms with Crippen LogP contribution in [-0.4, -0.2) is 24.3 Å². The number of fused-ring (bicyclic) bond motifs is 1. The van der Waals surface area contributed by atoms with Crippen molar-refractivity contribution in [2.75, 3.05) is 13.1 Å². The summed E-state index contributed by atoms with van der Waals surface area (Å²) in [5.74, 6) is 3.61. The van der Waals surface area contributed by atoms with Gasteiger partial charge in [-0.1, -0.05) is 6.92 Å². The summed E-state index contributed by atoms with van der Waals surface area (Å²) in [5.41, 5.74) is 2.06. The van der Waals surface area contributed by atoms with E-state index in [-0.39, 0.29) is 0 Å². The van der Waals surface area contributed by atoms with Crippen molar-refractivity contribution in [2.24, 2.45) is 28.7 Å². The SMILES string of the molecule is C[C@@H]1C[C@H]2CC3=NCCCC3[C@]3(C1)NCCC[C@H]23. The highest BCUT2D eigenvalue weighted by atomic mass is 15.0. The van der Waals surface area contributed by atoms with Gasteiger partial charge in [-0.2, -0.15) is 0 Å². The number of nitrogens with zero attached hydrogens (tertiary/aromatic N) is 1. The minimum atomic E-state index is 0.456. The fourth-order valence-corrected chi connectivity index (χ4v) is 5.83. The Balaban J connectivity index is 1.78. The van der Waals surface area contributed by atoms with E-state index in [1.54, 1.807) is 5.71 Å². The highest BCUT2D eigenvalue weighted by Gasteiger charge is 2.57. The van der Waals surface area contributed by atoms with Crippen LogP contribution in [0.25, 0.3) is 0 Å². The van der Waals surface area contributed by atoms with Crippen molar-refractivity contribution in [3.8, 4) is 0 Å². The van der Waals surface area contributed by atoms with Crippen LogP contribution in [0.5, 0.6) is 0 Å². The van der Waals surface area contributed by atoms with E-state index in [2.05, 4.69) is 12.2 Å². The molecule has 1 saturated heterocycles. The molecule has 0 aromatic carbocycles. The summed E-state index contributed by atoms with van der Waals surface area (Å²) < 4.78 is 0. The van der Waals surface area contributed by atoms with Crippen LogP contribution in [0.1, 0.15) is 51.9 Å². The van der Waals surface area contributed by atoms with Gasteiger partial charge in [-0.15, -0.1) is 0 Å². The fourth-order valence-electron chi connectivity index (χ4n) is 5.83. The van der Waals surface area contributed by atoms with Gasteiger partial charge in [0.15, 0.2) is 0 Å². The van der Waals surface area contributed by atoms with E-state index < -0.39 is 0 Å². The van der Waals surface area contributed by atoms with Crippen molar-refractivity contribution in [1.29, 1.82) is 0 Å². The molecule has 0 radical (unpaired) electrons. The summed E-state index contributed by atoms with van der Waals surface area (Å²) >= 11 is 0. The number of rotatable bonds is 0. The molecule has 100 valence electrons. The first kappa shape index (κ1) is 11.5. The molecule has 1 N–H and O–H groups in total. The second kappa shape index (κ2) is 4.06. The second-order valence-corrected chi connectivity index (χ2v) is 7.29. The van der Waals surface area contributed by atoms with E-state index >= 15 is 0 Å². The van der Waals surface area contributed by atoms with Gasteiger partial charge in [-0.05, 0) is 69.2 Å². The van der Waals surface area contributed by atoms with Gasteiger partial charge >= 0.3 is 0 Å². The minimum Gasteiger partial charge on any atom is -0.310 e. The fraction of sp³-hybridized carbons (Fsp3) is 0.938. The van der Waals surface area contributed by atoms with E-state index in [1.165, 1.54) is 51.5 Å². The van der Waals surface area contributed by atoms with E-state index in [4.69, 9.17) is 4.99 Å². The van der Waals surface area contributed by atoms with Crippen LogP contribution in [0.15, 0.2) is 4.99 Å². The van der Waals surface area contributed by atoms with Crippen molar-refractivity contribution >= 4 is 5.71 Å². The molecule has 0 aromatic rings. The summed E-state index contributed by atoms with van der Waals surface area (Å²) in [6, 6.07) is 0. The predicted octanol–water partition coefficient (Wildman–Crippen LogP) is 3.03. The molecule has 0 amide bonds. The smallest absolute Gasteiger partial charge is 0.0389 e. The molecule has 4 rings (SSSR count). The van der Waals surface area contributed by atoms with Gasteiger partial charge < -0.3 is 5.32 Å². The summed E-state index contributed by atoms with van der Waals surface area (Å²) in [6.45, 7) is 4.83. The van der Waals surface area contributed by atoms with Crippen molar-refractivity contribution in [1.82, 2.24) is 5.32 Å². The Labute approximate surface area is 111 Å². The first-order chi connectivity index (χ1) is 8.79. The lowest BCUT2D eigenvalue weighted by Crippen LogP contribution is -2.68. The maximum atomic E-state index is 4.92. The van der Waals surface area contributed by atoms with Gasteiger partial charge in [-0.3, -0.25) is 4.99 Å². The Morgan fingerprint density at radius 1 is 1.28 bits per heavy atom. The topological polar surface area (TPSA) is 24.4 Å². The van der Waals surface area contributed by atoms with Crippen LogP contribution in [0.3, 0.4) is 0 Å². The minimum absolute atomic E-state index is 0.456. The maximum Gasteiger partial charge on any atom is 0.0389 e. The lowest BCUT2D eigenvalue weighted by Gasteiger charge is -2.61. The summed E-state index contributed by atoms with van der Waals surface area (Å²) in [6.07, 6.45) is 9.82. The highest BCUT2D eigenvalue weighted by Crippen LogP contribution is 2.55. The normalized spacial score (nSPS) is 51.1.